The van der Waals surface area contributed by atoms with Gasteiger partial charge < -0.3 is 10.4 Å². The number of hydrogen-bond acceptors (Lipinski definition) is 4. The highest BCUT2D eigenvalue weighted by Gasteiger charge is 1.75. The van der Waals surface area contributed by atoms with Gasteiger partial charge in [0.25, 0.3) is 0 Å². The molecule has 0 aliphatic heterocycles. The molecule has 0 aliphatic carbocycles. The van der Waals surface area contributed by atoms with Gasteiger partial charge in [-0.1, -0.05) is 26.7 Å². The minimum absolute atomic E-state index is 0.896. The van der Waals surface area contributed by atoms with Crippen molar-refractivity contribution in [1.29, 1.82) is 0 Å². The van der Waals surface area contributed by atoms with Crippen molar-refractivity contribution in [2.24, 2.45) is 10.3 Å². The Kier molecular flexibility index (Phi) is 19.7. The Bertz CT molecular complexity index is 120. The smallest absolute Gasteiger partial charge is 0.0435 e. The van der Waals surface area contributed by atoms with E-state index in [-0.39, 0.29) is 0 Å². The van der Waals surface area contributed by atoms with Crippen molar-refractivity contribution >= 4 is 12.4 Å². The van der Waals surface area contributed by atoms with Gasteiger partial charge in [-0.2, -0.15) is 0 Å². The van der Waals surface area contributed by atoms with Crippen LogP contribution < -0.4 is 0 Å². The van der Waals surface area contributed by atoms with Gasteiger partial charge in [-0.25, -0.2) is 0 Å². The van der Waals surface area contributed by atoms with Crippen LogP contribution >= 0.6 is 0 Å². The summed E-state index contributed by atoms with van der Waals surface area (Å²) >= 11 is 0. The van der Waals surface area contributed by atoms with E-state index in [0.717, 1.165) is 38.5 Å². The Balaban J connectivity index is 0. The lowest BCUT2D eigenvalue weighted by atomic mass is 10.3. The fraction of sp³-hybridized carbons (Fsp3) is 0.800. The molecule has 0 aromatic carbocycles. The van der Waals surface area contributed by atoms with Crippen LogP contribution in [0.1, 0.15) is 52.4 Å². The topological polar surface area (TPSA) is 65.2 Å². The van der Waals surface area contributed by atoms with Gasteiger partial charge in [0.1, 0.15) is 0 Å². The molecule has 4 nitrogen and oxygen atoms in total. The zero-order chi connectivity index (χ0) is 11.1. The summed E-state index contributed by atoms with van der Waals surface area (Å²) in [4.78, 5) is 0. The number of hydrogen-bond donors (Lipinski definition) is 2. The third-order valence-corrected chi connectivity index (χ3v) is 1.54. The summed E-state index contributed by atoms with van der Waals surface area (Å²) in [5.41, 5.74) is 0. The summed E-state index contributed by atoms with van der Waals surface area (Å²) in [5.74, 6) is 0. The van der Waals surface area contributed by atoms with Crippen LogP contribution in [-0.2, 0) is 0 Å². The summed E-state index contributed by atoms with van der Waals surface area (Å²) in [6.45, 7) is 4.20. The summed E-state index contributed by atoms with van der Waals surface area (Å²) in [7, 11) is 0. The van der Waals surface area contributed by atoms with E-state index in [1.807, 2.05) is 0 Å². The molecule has 0 amide bonds. The molecular formula is C10H22N2O2. The van der Waals surface area contributed by atoms with Gasteiger partial charge in [-0.15, -0.1) is 10.3 Å². The summed E-state index contributed by atoms with van der Waals surface area (Å²) in [6, 6.07) is 0. The van der Waals surface area contributed by atoms with Crippen LogP contribution in [0.4, 0.5) is 0 Å². The van der Waals surface area contributed by atoms with Gasteiger partial charge in [0.05, 0.1) is 0 Å². The molecule has 0 radical (unpaired) electrons. The number of unbranched alkanes of at least 4 members (excludes halogenated alkanes) is 4. The summed E-state index contributed by atoms with van der Waals surface area (Å²) in [6.07, 6.45) is 9.37. The van der Waals surface area contributed by atoms with Crippen molar-refractivity contribution in [1.82, 2.24) is 0 Å². The van der Waals surface area contributed by atoms with Gasteiger partial charge in [-0.3, -0.25) is 0 Å². The zero-order valence-corrected chi connectivity index (χ0v) is 9.19. The molecule has 0 unspecified atom stereocenters. The third kappa shape index (κ3) is 22.4. The second kappa shape index (κ2) is 17.9. The molecule has 0 aromatic heterocycles. The molecule has 0 rings (SSSR count). The van der Waals surface area contributed by atoms with E-state index in [4.69, 9.17) is 10.4 Å². The lowest BCUT2D eigenvalue weighted by Crippen LogP contribution is -1.72. The molecule has 0 heterocycles. The largest absolute Gasteiger partial charge is 0.411 e. The molecule has 4 heteroatoms. The Morgan fingerprint density at radius 3 is 1.43 bits per heavy atom. The van der Waals surface area contributed by atoms with E-state index >= 15 is 0 Å². The Hall–Kier alpha value is -1.06. The summed E-state index contributed by atoms with van der Waals surface area (Å²) in [5, 5.41) is 21.4. The maximum atomic E-state index is 7.86. The lowest BCUT2D eigenvalue weighted by Gasteiger charge is -1.82. The standard InChI is InChI=1S/2C5H11NO/c2*1-2-3-4-5-6-7/h2*5,7H,2-4H2,1H3. The molecule has 0 bridgehead atoms. The molecular weight excluding hydrogens is 180 g/mol. The molecule has 14 heavy (non-hydrogen) atoms. The monoisotopic (exact) mass is 202 g/mol. The quantitative estimate of drug-likeness (QED) is 0.300. The fourth-order valence-electron chi connectivity index (χ4n) is 0.706. The minimum atomic E-state index is 0.896. The van der Waals surface area contributed by atoms with Crippen molar-refractivity contribution < 1.29 is 10.4 Å². The average Bonchev–Trinajstić information content (AvgIpc) is 2.21. The van der Waals surface area contributed by atoms with Crippen molar-refractivity contribution in [2.75, 3.05) is 0 Å². The van der Waals surface area contributed by atoms with Crippen LogP contribution in [0.5, 0.6) is 0 Å². The molecule has 0 fully saturated rings. The first-order valence-corrected chi connectivity index (χ1v) is 5.15. The predicted molar refractivity (Wildman–Crippen MR) is 59.6 cm³/mol. The number of nitrogens with zero attached hydrogens (tertiary/aromatic N) is 2. The first kappa shape index (κ1) is 15.4. The third-order valence-electron chi connectivity index (χ3n) is 1.54. The Morgan fingerprint density at radius 2 is 1.21 bits per heavy atom. The highest BCUT2D eigenvalue weighted by molar-refractivity contribution is 5.56. The molecule has 0 aliphatic rings. The highest BCUT2D eigenvalue weighted by atomic mass is 16.4. The Labute approximate surface area is 86.3 Å². The SMILES string of the molecule is CCCCC=NO.CCCCC=NO. The maximum Gasteiger partial charge on any atom is 0.0435 e. The van der Waals surface area contributed by atoms with E-state index in [1.54, 1.807) is 0 Å². The van der Waals surface area contributed by atoms with E-state index < -0.39 is 0 Å². The van der Waals surface area contributed by atoms with Crippen molar-refractivity contribution in [3.8, 4) is 0 Å². The lowest BCUT2D eigenvalue weighted by molar-refractivity contribution is 0.320. The van der Waals surface area contributed by atoms with Crippen LogP contribution in [0.3, 0.4) is 0 Å². The van der Waals surface area contributed by atoms with Crippen LogP contribution in [0.2, 0.25) is 0 Å². The molecule has 0 saturated heterocycles. The fourth-order valence-corrected chi connectivity index (χ4v) is 0.706. The van der Waals surface area contributed by atoms with Gasteiger partial charge in [0, 0.05) is 12.4 Å². The highest BCUT2D eigenvalue weighted by Crippen LogP contribution is 1.88. The molecule has 84 valence electrons. The summed E-state index contributed by atoms with van der Waals surface area (Å²) < 4.78 is 0. The second-order valence-electron chi connectivity index (χ2n) is 2.88. The van der Waals surface area contributed by atoms with Crippen LogP contribution in [-0.4, -0.2) is 22.8 Å². The number of rotatable bonds is 6. The van der Waals surface area contributed by atoms with Crippen LogP contribution in [0.15, 0.2) is 10.3 Å². The van der Waals surface area contributed by atoms with E-state index in [2.05, 4.69) is 24.2 Å². The number of oxime groups is 2. The van der Waals surface area contributed by atoms with Crippen LogP contribution in [0.25, 0.3) is 0 Å². The average molecular weight is 202 g/mol. The minimum Gasteiger partial charge on any atom is -0.411 e. The molecule has 0 atom stereocenters. The van der Waals surface area contributed by atoms with Crippen LogP contribution in [0, 0.1) is 0 Å². The normalized spacial score (nSPS) is 10.4. The predicted octanol–water partition coefficient (Wildman–Crippen LogP) is 3.27. The van der Waals surface area contributed by atoms with Gasteiger partial charge in [-0.05, 0) is 25.7 Å². The molecule has 0 aromatic rings. The van der Waals surface area contributed by atoms with E-state index in [9.17, 15) is 0 Å². The van der Waals surface area contributed by atoms with E-state index in [0.29, 0.717) is 0 Å². The zero-order valence-electron chi connectivity index (χ0n) is 9.19. The molecule has 0 spiro atoms. The first-order chi connectivity index (χ1) is 6.83. The Morgan fingerprint density at radius 1 is 0.857 bits per heavy atom. The van der Waals surface area contributed by atoms with Crippen molar-refractivity contribution in [3.63, 3.8) is 0 Å². The molecule has 0 saturated carbocycles. The van der Waals surface area contributed by atoms with Gasteiger partial charge >= 0.3 is 0 Å². The van der Waals surface area contributed by atoms with E-state index in [1.165, 1.54) is 12.4 Å². The van der Waals surface area contributed by atoms with Crippen molar-refractivity contribution in [2.45, 2.75) is 52.4 Å². The van der Waals surface area contributed by atoms with Gasteiger partial charge in [0.2, 0.25) is 0 Å². The second-order valence-corrected chi connectivity index (χ2v) is 2.88. The molecule has 2 N–H and O–H groups in total. The maximum absolute atomic E-state index is 7.86. The van der Waals surface area contributed by atoms with Crippen molar-refractivity contribution in [3.05, 3.63) is 0 Å². The van der Waals surface area contributed by atoms with Gasteiger partial charge in [0.15, 0.2) is 0 Å². The first-order valence-electron chi connectivity index (χ1n) is 5.15.